The van der Waals surface area contributed by atoms with Crippen LogP contribution in [0.4, 0.5) is 0 Å². The largest absolute Gasteiger partial charge is 0.0842 e. The van der Waals surface area contributed by atoms with E-state index in [0.29, 0.717) is 5.41 Å². The molecule has 0 radical (unpaired) electrons. The summed E-state index contributed by atoms with van der Waals surface area (Å²) in [6, 6.07) is 0. The van der Waals surface area contributed by atoms with Gasteiger partial charge < -0.3 is 0 Å². The van der Waals surface area contributed by atoms with Gasteiger partial charge >= 0.3 is 0 Å². The van der Waals surface area contributed by atoms with Gasteiger partial charge in [-0.25, -0.2) is 0 Å². The van der Waals surface area contributed by atoms with Crippen molar-refractivity contribution >= 4 is 0 Å². The number of fused-ring (bicyclic) bond motifs is 3. The van der Waals surface area contributed by atoms with E-state index in [4.69, 9.17) is 0 Å². The normalized spacial score (nSPS) is 46.5. The summed E-state index contributed by atoms with van der Waals surface area (Å²) in [6.07, 6.45) is 16.0. The summed E-state index contributed by atoms with van der Waals surface area (Å²) < 4.78 is 0. The van der Waals surface area contributed by atoms with E-state index in [1.165, 1.54) is 57.8 Å². The molecule has 3 rings (SSSR count). The van der Waals surface area contributed by atoms with Crippen molar-refractivity contribution in [3.63, 3.8) is 0 Å². The summed E-state index contributed by atoms with van der Waals surface area (Å²) in [5.74, 6) is 2.91. The number of hydrogen-bond donors (Lipinski definition) is 0. The van der Waals surface area contributed by atoms with E-state index in [9.17, 15) is 0 Å². The zero-order chi connectivity index (χ0) is 11.9. The van der Waals surface area contributed by atoms with Crippen LogP contribution in [0.15, 0.2) is 11.6 Å². The van der Waals surface area contributed by atoms with Gasteiger partial charge in [0, 0.05) is 0 Å². The maximum atomic E-state index is 2.66. The second kappa shape index (κ2) is 4.44. The van der Waals surface area contributed by atoms with Crippen molar-refractivity contribution in [2.24, 2.45) is 23.2 Å². The van der Waals surface area contributed by atoms with Crippen LogP contribution >= 0.6 is 0 Å². The monoisotopic (exact) mass is 232 g/mol. The summed E-state index contributed by atoms with van der Waals surface area (Å²) in [7, 11) is 0. The highest BCUT2D eigenvalue weighted by molar-refractivity contribution is 5.24. The molecule has 17 heavy (non-hydrogen) atoms. The van der Waals surface area contributed by atoms with E-state index in [0.717, 1.165) is 17.8 Å². The molecular formula is C17H28. The SMILES string of the molecule is CC1CC=C2C(CCC3CCCCC[C@@]23C)C1. The highest BCUT2D eigenvalue weighted by atomic mass is 14.5. The fourth-order valence-corrected chi connectivity index (χ4v) is 5.00. The van der Waals surface area contributed by atoms with Gasteiger partial charge in [-0.1, -0.05) is 44.8 Å². The Morgan fingerprint density at radius 2 is 2.00 bits per heavy atom. The van der Waals surface area contributed by atoms with E-state index in [1.807, 2.05) is 5.57 Å². The van der Waals surface area contributed by atoms with Gasteiger partial charge in [-0.2, -0.15) is 0 Å². The molecule has 0 heterocycles. The summed E-state index contributed by atoms with van der Waals surface area (Å²) in [5, 5.41) is 0. The van der Waals surface area contributed by atoms with Crippen molar-refractivity contribution in [3.8, 4) is 0 Å². The van der Waals surface area contributed by atoms with Crippen LogP contribution in [0.2, 0.25) is 0 Å². The van der Waals surface area contributed by atoms with Crippen LogP contribution in [0.1, 0.15) is 71.6 Å². The van der Waals surface area contributed by atoms with Gasteiger partial charge in [-0.05, 0) is 61.7 Å². The van der Waals surface area contributed by atoms with Gasteiger partial charge in [0.2, 0.25) is 0 Å². The van der Waals surface area contributed by atoms with Crippen molar-refractivity contribution < 1.29 is 0 Å². The minimum Gasteiger partial charge on any atom is -0.0842 e. The third-order valence-electron chi connectivity index (χ3n) is 6.04. The summed E-state index contributed by atoms with van der Waals surface area (Å²) in [5.41, 5.74) is 2.49. The minimum absolute atomic E-state index is 0.597. The molecule has 3 aliphatic carbocycles. The van der Waals surface area contributed by atoms with Crippen LogP contribution in [0, 0.1) is 23.2 Å². The van der Waals surface area contributed by atoms with Crippen LogP contribution in [-0.4, -0.2) is 0 Å². The Bertz CT molecular complexity index is 314. The second-order valence-electron chi connectivity index (χ2n) is 7.22. The van der Waals surface area contributed by atoms with Crippen LogP contribution in [-0.2, 0) is 0 Å². The quantitative estimate of drug-likeness (QED) is 0.495. The molecule has 0 bridgehead atoms. The molecule has 0 nitrogen and oxygen atoms in total. The van der Waals surface area contributed by atoms with Gasteiger partial charge in [0.15, 0.2) is 0 Å². The summed E-state index contributed by atoms with van der Waals surface area (Å²) >= 11 is 0. The maximum absolute atomic E-state index is 2.66. The summed E-state index contributed by atoms with van der Waals surface area (Å²) in [6.45, 7) is 5.05. The van der Waals surface area contributed by atoms with Gasteiger partial charge in [-0.15, -0.1) is 0 Å². The highest BCUT2D eigenvalue weighted by Gasteiger charge is 2.45. The molecule has 3 aliphatic rings. The Balaban J connectivity index is 1.91. The predicted octanol–water partition coefficient (Wildman–Crippen LogP) is 5.34. The first-order chi connectivity index (χ1) is 8.20. The smallest absolute Gasteiger partial charge is 0.00854 e. The Hall–Kier alpha value is -0.260. The molecule has 0 aromatic carbocycles. The average molecular weight is 232 g/mol. The molecule has 0 amide bonds. The fourth-order valence-electron chi connectivity index (χ4n) is 5.00. The molecule has 2 saturated carbocycles. The van der Waals surface area contributed by atoms with Crippen LogP contribution in [0.5, 0.6) is 0 Å². The molecule has 3 unspecified atom stereocenters. The van der Waals surface area contributed by atoms with Gasteiger partial charge in [0.05, 0.1) is 0 Å². The van der Waals surface area contributed by atoms with Crippen molar-refractivity contribution in [1.29, 1.82) is 0 Å². The van der Waals surface area contributed by atoms with E-state index < -0.39 is 0 Å². The van der Waals surface area contributed by atoms with E-state index >= 15 is 0 Å². The summed E-state index contributed by atoms with van der Waals surface area (Å²) in [4.78, 5) is 0. The molecular weight excluding hydrogens is 204 g/mol. The van der Waals surface area contributed by atoms with Gasteiger partial charge in [0.1, 0.15) is 0 Å². The Morgan fingerprint density at radius 1 is 1.12 bits per heavy atom. The topological polar surface area (TPSA) is 0 Å². The molecule has 0 N–H and O–H groups in total. The molecule has 4 atom stereocenters. The molecule has 0 saturated heterocycles. The Kier molecular flexibility index (Phi) is 3.09. The van der Waals surface area contributed by atoms with Crippen molar-refractivity contribution in [1.82, 2.24) is 0 Å². The first-order valence-electron chi connectivity index (χ1n) is 7.90. The lowest BCUT2D eigenvalue weighted by molar-refractivity contribution is 0.125. The molecule has 96 valence electrons. The molecule has 0 aromatic rings. The molecule has 0 aliphatic heterocycles. The Labute approximate surface area is 107 Å². The maximum Gasteiger partial charge on any atom is -0.00854 e. The van der Waals surface area contributed by atoms with Crippen molar-refractivity contribution in [2.75, 3.05) is 0 Å². The van der Waals surface area contributed by atoms with E-state index in [2.05, 4.69) is 19.9 Å². The molecule has 0 spiro atoms. The van der Waals surface area contributed by atoms with Crippen LogP contribution in [0.3, 0.4) is 0 Å². The lowest BCUT2D eigenvalue weighted by Crippen LogP contribution is -2.38. The van der Waals surface area contributed by atoms with Gasteiger partial charge in [-0.3, -0.25) is 0 Å². The molecule has 2 fully saturated rings. The number of allylic oxidation sites excluding steroid dienone is 2. The van der Waals surface area contributed by atoms with E-state index in [1.54, 1.807) is 0 Å². The van der Waals surface area contributed by atoms with Crippen LogP contribution in [0.25, 0.3) is 0 Å². The minimum atomic E-state index is 0.597. The highest BCUT2D eigenvalue weighted by Crippen LogP contribution is 2.56. The first-order valence-corrected chi connectivity index (χ1v) is 7.90. The van der Waals surface area contributed by atoms with Gasteiger partial charge in [0.25, 0.3) is 0 Å². The molecule has 0 aromatic heterocycles. The first kappa shape index (κ1) is 11.8. The lowest BCUT2D eigenvalue weighted by atomic mass is 9.56. The third kappa shape index (κ3) is 1.98. The zero-order valence-electron chi connectivity index (χ0n) is 11.7. The predicted molar refractivity (Wildman–Crippen MR) is 73.9 cm³/mol. The lowest BCUT2D eigenvalue weighted by Gasteiger charge is -2.49. The standard InChI is InChI=1S/C17H28/c1-13-7-10-16-14(12-13)8-9-15-6-4-3-5-11-17(15,16)2/h10,13-15H,3-9,11-12H2,1-2H3/t13?,14?,15?,17-/m1/s1. The van der Waals surface area contributed by atoms with Crippen molar-refractivity contribution in [3.05, 3.63) is 11.6 Å². The fraction of sp³-hybridized carbons (Fsp3) is 0.882. The number of rotatable bonds is 0. The third-order valence-corrected chi connectivity index (χ3v) is 6.04. The van der Waals surface area contributed by atoms with Crippen LogP contribution < -0.4 is 0 Å². The molecule has 0 heteroatoms. The average Bonchev–Trinajstić information content (AvgIpc) is 2.50. The zero-order valence-corrected chi connectivity index (χ0v) is 11.7. The number of hydrogen-bond acceptors (Lipinski definition) is 0. The van der Waals surface area contributed by atoms with E-state index in [-0.39, 0.29) is 0 Å². The Morgan fingerprint density at radius 3 is 2.88 bits per heavy atom. The second-order valence-corrected chi connectivity index (χ2v) is 7.22. The van der Waals surface area contributed by atoms with Crippen molar-refractivity contribution in [2.45, 2.75) is 71.6 Å².